The molecule has 1 aromatic heterocycles. The van der Waals surface area contributed by atoms with Gasteiger partial charge in [-0.2, -0.15) is 0 Å². The zero-order valence-corrected chi connectivity index (χ0v) is 23.6. The second-order valence-electron chi connectivity index (χ2n) is 9.62. The van der Waals surface area contributed by atoms with Gasteiger partial charge in [0.2, 0.25) is 7.37 Å². The summed E-state index contributed by atoms with van der Waals surface area (Å²) in [4.78, 5) is 35.1. The molecule has 0 radical (unpaired) electrons. The number of aliphatic hydroxyl groups is 2. The first-order valence-electron chi connectivity index (χ1n) is 11.9. The number of carbonyl (C=O) groups is 1. The van der Waals surface area contributed by atoms with E-state index in [9.17, 15) is 28.4 Å². The highest BCUT2D eigenvalue weighted by Gasteiger charge is 2.55. The molecule has 0 unspecified atom stereocenters. The first kappa shape index (κ1) is 33.2. The summed E-state index contributed by atoms with van der Waals surface area (Å²) in [7, 11) is -2.39. The summed E-state index contributed by atoms with van der Waals surface area (Å²) in [5.41, 5.74) is -3.72. The summed E-state index contributed by atoms with van der Waals surface area (Å²) >= 11 is 0. The van der Waals surface area contributed by atoms with Crippen molar-refractivity contribution in [2.45, 2.75) is 64.8 Å². The summed E-state index contributed by atoms with van der Waals surface area (Å²) in [5, 5.41) is 18.6. The van der Waals surface area contributed by atoms with Crippen molar-refractivity contribution < 1.29 is 38.0 Å². The molecule has 11 nitrogen and oxygen atoms in total. The minimum Gasteiger partial charge on any atom is -0.463 e. The largest absolute Gasteiger partial charge is 0.463 e. The van der Waals surface area contributed by atoms with Crippen LogP contribution in [0.4, 0.5) is 4.39 Å². The number of ether oxygens (including phenoxy) is 2. The summed E-state index contributed by atoms with van der Waals surface area (Å²) in [5.74, 6) is 0.540. The van der Waals surface area contributed by atoms with E-state index in [-0.39, 0.29) is 18.0 Å². The van der Waals surface area contributed by atoms with Gasteiger partial charge in [-0.1, -0.05) is 32.0 Å². The van der Waals surface area contributed by atoms with Crippen molar-refractivity contribution in [2.75, 3.05) is 19.9 Å². The smallest absolute Gasteiger partial charge is 0.330 e. The van der Waals surface area contributed by atoms with E-state index in [1.165, 1.54) is 0 Å². The van der Waals surface area contributed by atoms with Crippen LogP contribution in [0.15, 0.2) is 52.2 Å². The Morgan fingerprint density at radius 3 is 2.16 bits per heavy atom. The lowest BCUT2D eigenvalue weighted by molar-refractivity contribution is -0.151. The molecule has 1 aromatic carbocycles. The molecule has 1 fully saturated rings. The standard InChI is InChI=1S/C10H13FN2O5.C8H11O2P.C7H14O2/c1-10(11)7(16)5(4-14)18-8(10)13-3-2-6(15)12-9(13)17;1-11(2,9)10-8-6-4-3-5-7-8;1-5(2)7(8)9-6(3)4/h2-3,5,7-8,14,16H,4H2,1H3,(H,12,15,17);3-7H,1-2H3;5-6H,1-4H3/t5-,7-,8-,10-;;/m1../s1. The minimum atomic E-state index is -2.39. The third-order valence-electron chi connectivity index (χ3n) is 4.89. The second-order valence-corrected chi connectivity index (χ2v) is 12.3. The number of halogens is 1. The van der Waals surface area contributed by atoms with Crippen LogP contribution in [0.1, 0.15) is 40.8 Å². The van der Waals surface area contributed by atoms with Gasteiger partial charge in [0, 0.05) is 25.6 Å². The number of carbonyl (C=O) groups excluding carboxylic acids is 1. The normalized spacial score (nSPS) is 22.7. The number of alkyl halides is 1. The van der Waals surface area contributed by atoms with E-state index in [2.05, 4.69) is 0 Å². The predicted molar refractivity (Wildman–Crippen MR) is 140 cm³/mol. The number of para-hydroxylation sites is 1. The Kier molecular flexibility index (Phi) is 12.6. The number of aromatic amines is 1. The number of hydrogen-bond acceptors (Lipinski definition) is 9. The predicted octanol–water partition coefficient (Wildman–Crippen LogP) is 2.71. The Morgan fingerprint density at radius 2 is 1.76 bits per heavy atom. The highest BCUT2D eigenvalue weighted by molar-refractivity contribution is 7.57. The van der Waals surface area contributed by atoms with E-state index in [4.69, 9.17) is 19.1 Å². The summed E-state index contributed by atoms with van der Waals surface area (Å²) in [6.07, 6.45) is -3.00. The van der Waals surface area contributed by atoms with Crippen molar-refractivity contribution in [3.8, 4) is 5.75 Å². The van der Waals surface area contributed by atoms with Crippen molar-refractivity contribution >= 4 is 13.3 Å². The van der Waals surface area contributed by atoms with Gasteiger partial charge in [-0.3, -0.25) is 23.7 Å². The maximum absolute atomic E-state index is 14.3. The van der Waals surface area contributed by atoms with Crippen LogP contribution in [0.3, 0.4) is 0 Å². The quantitative estimate of drug-likeness (QED) is 0.357. The number of rotatable bonds is 6. The molecular weight excluding hydrogens is 522 g/mol. The number of benzene rings is 1. The fraction of sp³-hybridized carbons (Fsp3) is 0.560. The third-order valence-corrected chi connectivity index (χ3v) is 5.54. The van der Waals surface area contributed by atoms with Crippen molar-refractivity contribution in [1.82, 2.24) is 9.55 Å². The van der Waals surface area contributed by atoms with Crippen LogP contribution in [0.25, 0.3) is 0 Å². The molecule has 4 atom stereocenters. The van der Waals surface area contributed by atoms with Crippen molar-refractivity contribution in [2.24, 2.45) is 5.92 Å². The third kappa shape index (κ3) is 10.5. The van der Waals surface area contributed by atoms with Crippen LogP contribution in [0.5, 0.6) is 5.75 Å². The summed E-state index contributed by atoms with van der Waals surface area (Å²) in [6, 6.07) is 10.2. The van der Waals surface area contributed by atoms with Crippen molar-refractivity contribution in [3.05, 3.63) is 63.4 Å². The summed E-state index contributed by atoms with van der Waals surface area (Å²) < 4.78 is 41.5. The van der Waals surface area contributed by atoms with E-state index in [0.29, 0.717) is 5.75 Å². The lowest BCUT2D eigenvalue weighted by atomic mass is 9.98. The Balaban J connectivity index is 0.000000310. The molecule has 214 valence electrons. The first-order valence-corrected chi connectivity index (χ1v) is 14.5. The lowest BCUT2D eigenvalue weighted by Gasteiger charge is -2.24. The average molecular weight is 561 g/mol. The number of nitrogens with one attached hydrogen (secondary N) is 1. The van der Waals surface area contributed by atoms with E-state index >= 15 is 0 Å². The van der Waals surface area contributed by atoms with E-state index in [1.54, 1.807) is 25.5 Å². The van der Waals surface area contributed by atoms with Crippen LogP contribution in [0, 0.1) is 5.92 Å². The lowest BCUT2D eigenvalue weighted by Crippen LogP contribution is -2.43. The topological polar surface area (TPSA) is 157 Å². The Morgan fingerprint density at radius 1 is 1.18 bits per heavy atom. The molecule has 2 heterocycles. The van der Waals surface area contributed by atoms with Crippen molar-refractivity contribution in [3.63, 3.8) is 0 Å². The molecule has 13 heteroatoms. The molecule has 1 aliphatic rings. The number of esters is 1. The molecule has 3 N–H and O–H groups in total. The number of H-pyrrole nitrogens is 1. The molecule has 0 spiro atoms. The fourth-order valence-electron chi connectivity index (χ4n) is 3.08. The zero-order valence-electron chi connectivity index (χ0n) is 22.7. The van der Waals surface area contributed by atoms with Gasteiger partial charge in [0.1, 0.15) is 18.0 Å². The van der Waals surface area contributed by atoms with Gasteiger partial charge in [-0.05, 0) is 32.9 Å². The SMILES string of the molecule is CC(C)OC(=O)C(C)C.CP(C)(=O)Oc1ccccc1.C[C@@]1(F)[C@H](O)[C@@H](CO)O[C@H]1n1ccc(=O)[nH]c1=O. The van der Waals surface area contributed by atoms with Crippen LogP contribution in [0.2, 0.25) is 0 Å². The molecule has 0 aliphatic carbocycles. The van der Waals surface area contributed by atoms with E-state index < -0.39 is 49.3 Å². The maximum Gasteiger partial charge on any atom is 0.330 e. The summed E-state index contributed by atoms with van der Waals surface area (Å²) in [6.45, 7) is 11.0. The number of nitrogens with zero attached hydrogens (tertiary/aromatic N) is 1. The van der Waals surface area contributed by atoms with Crippen LogP contribution < -0.4 is 15.8 Å². The average Bonchev–Trinajstić information content (AvgIpc) is 3.02. The van der Waals surface area contributed by atoms with Gasteiger partial charge in [0.05, 0.1) is 18.6 Å². The van der Waals surface area contributed by atoms with Crippen molar-refractivity contribution in [1.29, 1.82) is 0 Å². The van der Waals surface area contributed by atoms with Gasteiger partial charge >= 0.3 is 11.7 Å². The Labute approximate surface area is 221 Å². The fourth-order valence-corrected chi connectivity index (χ4v) is 3.71. The Bertz CT molecular complexity index is 1180. The van der Waals surface area contributed by atoms with Gasteiger partial charge in [-0.15, -0.1) is 0 Å². The van der Waals surface area contributed by atoms with Crippen LogP contribution in [-0.4, -0.2) is 69.7 Å². The molecule has 2 aromatic rings. The molecule has 0 amide bonds. The van der Waals surface area contributed by atoms with Gasteiger partial charge < -0.3 is 24.2 Å². The second kappa shape index (κ2) is 14.4. The minimum absolute atomic E-state index is 0.00704. The Hall–Kier alpha value is -2.79. The van der Waals surface area contributed by atoms with Gasteiger partial charge in [-0.25, -0.2) is 9.18 Å². The molecule has 0 saturated carbocycles. The molecular formula is C25H38FN2O9P. The van der Waals surface area contributed by atoms with E-state index in [1.807, 2.05) is 50.9 Å². The monoisotopic (exact) mass is 560 g/mol. The van der Waals surface area contributed by atoms with E-state index in [0.717, 1.165) is 23.8 Å². The molecule has 38 heavy (non-hydrogen) atoms. The van der Waals surface area contributed by atoms with Crippen LogP contribution in [-0.2, 0) is 18.8 Å². The maximum atomic E-state index is 14.3. The van der Waals surface area contributed by atoms with Gasteiger partial charge in [0.15, 0.2) is 11.9 Å². The number of aromatic nitrogens is 2. The zero-order chi connectivity index (χ0) is 29.3. The highest BCUT2D eigenvalue weighted by atomic mass is 31.2. The molecule has 1 aliphatic heterocycles. The van der Waals surface area contributed by atoms with Gasteiger partial charge in [0.25, 0.3) is 5.56 Å². The first-order chi connectivity index (χ1) is 17.5. The van der Waals surface area contributed by atoms with Crippen LogP contribution >= 0.6 is 7.37 Å². The number of aliphatic hydroxyl groups excluding tert-OH is 2. The number of hydrogen-bond donors (Lipinski definition) is 3. The molecule has 3 rings (SSSR count). The highest BCUT2D eigenvalue weighted by Crippen LogP contribution is 2.40. The molecule has 1 saturated heterocycles. The molecule has 0 bridgehead atoms.